The fraction of sp³-hybridized carbons (Fsp3) is 0.222. The second kappa shape index (κ2) is 6.84. The molecular weight excluding hydrogens is 262 g/mol. The SMILES string of the molecule is CC(=O)N[C@@H](CC(=O)c1ccccc1)c1cccc(C)c1. The van der Waals surface area contributed by atoms with E-state index in [4.69, 9.17) is 0 Å². The van der Waals surface area contributed by atoms with Gasteiger partial charge in [0, 0.05) is 18.9 Å². The van der Waals surface area contributed by atoms with Crippen molar-refractivity contribution in [1.82, 2.24) is 5.32 Å². The lowest BCUT2D eigenvalue weighted by Crippen LogP contribution is -2.28. The molecule has 108 valence electrons. The third-order valence-electron chi connectivity index (χ3n) is 3.31. The van der Waals surface area contributed by atoms with E-state index in [0.717, 1.165) is 11.1 Å². The van der Waals surface area contributed by atoms with Crippen LogP contribution in [0.15, 0.2) is 54.6 Å². The number of hydrogen-bond acceptors (Lipinski definition) is 2. The van der Waals surface area contributed by atoms with Gasteiger partial charge in [-0.1, -0.05) is 60.2 Å². The molecule has 0 radical (unpaired) electrons. The van der Waals surface area contributed by atoms with Crippen LogP contribution in [-0.4, -0.2) is 11.7 Å². The lowest BCUT2D eigenvalue weighted by Gasteiger charge is -2.18. The Morgan fingerprint density at radius 3 is 2.38 bits per heavy atom. The Bertz CT molecular complexity index is 635. The average Bonchev–Trinajstić information content (AvgIpc) is 2.47. The Balaban J connectivity index is 2.21. The van der Waals surface area contributed by atoms with Crippen molar-refractivity contribution in [2.45, 2.75) is 26.3 Å². The van der Waals surface area contributed by atoms with Crippen molar-refractivity contribution in [2.75, 3.05) is 0 Å². The van der Waals surface area contributed by atoms with Crippen LogP contribution >= 0.6 is 0 Å². The zero-order chi connectivity index (χ0) is 15.2. The summed E-state index contributed by atoms with van der Waals surface area (Å²) in [4.78, 5) is 23.8. The highest BCUT2D eigenvalue weighted by atomic mass is 16.1. The Kier molecular flexibility index (Phi) is 4.88. The molecule has 0 spiro atoms. The van der Waals surface area contributed by atoms with Crippen molar-refractivity contribution >= 4 is 11.7 Å². The summed E-state index contributed by atoms with van der Waals surface area (Å²) in [7, 11) is 0. The van der Waals surface area contributed by atoms with Gasteiger partial charge in [-0.05, 0) is 12.5 Å². The second-order valence-electron chi connectivity index (χ2n) is 5.16. The summed E-state index contributed by atoms with van der Waals surface area (Å²) in [5.74, 6) is -0.113. The number of carbonyl (C=O) groups excluding carboxylic acids is 2. The van der Waals surface area contributed by atoms with E-state index < -0.39 is 0 Å². The first-order chi connectivity index (χ1) is 10.1. The normalized spacial score (nSPS) is 11.7. The fourth-order valence-corrected chi connectivity index (χ4v) is 2.31. The van der Waals surface area contributed by atoms with Crippen molar-refractivity contribution in [3.8, 4) is 0 Å². The van der Waals surface area contributed by atoms with E-state index in [0.29, 0.717) is 5.56 Å². The molecule has 0 saturated carbocycles. The predicted molar refractivity (Wildman–Crippen MR) is 83.1 cm³/mol. The number of rotatable bonds is 5. The monoisotopic (exact) mass is 281 g/mol. The molecule has 0 aliphatic rings. The van der Waals surface area contributed by atoms with Crippen molar-refractivity contribution in [3.05, 3.63) is 71.3 Å². The van der Waals surface area contributed by atoms with Gasteiger partial charge in [0.2, 0.25) is 5.91 Å². The van der Waals surface area contributed by atoms with Gasteiger partial charge in [0.15, 0.2) is 5.78 Å². The van der Waals surface area contributed by atoms with Gasteiger partial charge in [-0.2, -0.15) is 0 Å². The number of nitrogens with one attached hydrogen (secondary N) is 1. The average molecular weight is 281 g/mol. The standard InChI is InChI=1S/C18H19NO2/c1-13-7-6-10-16(11-13)17(19-14(2)20)12-18(21)15-8-4-3-5-9-15/h3-11,17H,12H2,1-2H3,(H,19,20)/t17-/m0/s1. The summed E-state index contributed by atoms with van der Waals surface area (Å²) < 4.78 is 0. The Morgan fingerprint density at radius 2 is 1.76 bits per heavy atom. The highest BCUT2D eigenvalue weighted by Gasteiger charge is 2.18. The van der Waals surface area contributed by atoms with Gasteiger partial charge in [-0.25, -0.2) is 0 Å². The largest absolute Gasteiger partial charge is 0.349 e. The molecule has 1 amide bonds. The van der Waals surface area contributed by atoms with E-state index in [1.165, 1.54) is 6.92 Å². The molecule has 2 aromatic rings. The van der Waals surface area contributed by atoms with Gasteiger partial charge in [-0.15, -0.1) is 0 Å². The number of hydrogen-bond donors (Lipinski definition) is 1. The lowest BCUT2D eigenvalue weighted by atomic mass is 9.97. The van der Waals surface area contributed by atoms with Crippen molar-refractivity contribution in [2.24, 2.45) is 0 Å². The van der Waals surface area contributed by atoms with Crippen LogP contribution in [0, 0.1) is 6.92 Å². The van der Waals surface area contributed by atoms with Crippen molar-refractivity contribution in [1.29, 1.82) is 0 Å². The van der Waals surface area contributed by atoms with Gasteiger partial charge in [0.25, 0.3) is 0 Å². The molecule has 0 saturated heterocycles. The van der Waals surface area contributed by atoms with Crippen LogP contribution in [0.25, 0.3) is 0 Å². The number of aryl methyl sites for hydroxylation is 1. The molecule has 2 aromatic carbocycles. The first-order valence-electron chi connectivity index (χ1n) is 6.98. The Morgan fingerprint density at radius 1 is 1.05 bits per heavy atom. The van der Waals surface area contributed by atoms with Crippen molar-refractivity contribution < 1.29 is 9.59 Å². The highest BCUT2D eigenvalue weighted by Crippen LogP contribution is 2.20. The number of amides is 1. The maximum Gasteiger partial charge on any atom is 0.217 e. The quantitative estimate of drug-likeness (QED) is 0.853. The summed E-state index contributed by atoms with van der Waals surface area (Å²) in [6, 6.07) is 16.7. The van der Waals surface area contributed by atoms with E-state index >= 15 is 0 Å². The molecule has 1 atom stereocenters. The van der Waals surface area contributed by atoms with E-state index in [9.17, 15) is 9.59 Å². The molecule has 0 fully saturated rings. The third kappa shape index (κ3) is 4.28. The van der Waals surface area contributed by atoms with Crippen LogP contribution in [0.2, 0.25) is 0 Å². The first kappa shape index (κ1) is 15.0. The molecule has 2 rings (SSSR count). The van der Waals surface area contributed by atoms with Crippen LogP contribution in [0.3, 0.4) is 0 Å². The van der Waals surface area contributed by atoms with E-state index in [1.54, 1.807) is 12.1 Å². The molecule has 0 aromatic heterocycles. The van der Waals surface area contributed by atoms with Gasteiger partial charge >= 0.3 is 0 Å². The maximum atomic E-state index is 12.3. The highest BCUT2D eigenvalue weighted by molar-refractivity contribution is 5.96. The molecule has 0 aliphatic carbocycles. The molecule has 0 aliphatic heterocycles. The number of carbonyl (C=O) groups is 2. The van der Waals surface area contributed by atoms with Crippen molar-refractivity contribution in [3.63, 3.8) is 0 Å². The number of ketones is 1. The molecular formula is C18H19NO2. The van der Waals surface area contributed by atoms with E-state index in [-0.39, 0.29) is 24.2 Å². The maximum absolute atomic E-state index is 12.3. The summed E-state index contributed by atoms with van der Waals surface area (Å²) in [5.41, 5.74) is 2.73. The molecule has 21 heavy (non-hydrogen) atoms. The minimum absolute atomic E-state index is 0.0239. The summed E-state index contributed by atoms with van der Waals surface area (Å²) >= 11 is 0. The zero-order valence-electron chi connectivity index (χ0n) is 12.3. The second-order valence-corrected chi connectivity index (χ2v) is 5.16. The smallest absolute Gasteiger partial charge is 0.217 e. The van der Waals surface area contributed by atoms with E-state index in [2.05, 4.69) is 5.32 Å². The molecule has 0 heterocycles. The topological polar surface area (TPSA) is 46.2 Å². The number of Topliss-reactive ketones (excluding diaryl/α,β-unsaturated/α-hetero) is 1. The number of benzene rings is 2. The van der Waals surface area contributed by atoms with E-state index in [1.807, 2.05) is 49.4 Å². The molecule has 0 bridgehead atoms. The van der Waals surface area contributed by atoms with Gasteiger partial charge < -0.3 is 5.32 Å². The van der Waals surface area contributed by atoms with Crippen LogP contribution in [0.1, 0.15) is 40.9 Å². The predicted octanol–water partition coefficient (Wildman–Crippen LogP) is 3.45. The van der Waals surface area contributed by atoms with Crippen LogP contribution in [0.4, 0.5) is 0 Å². The molecule has 1 N–H and O–H groups in total. The zero-order valence-corrected chi connectivity index (χ0v) is 12.3. The minimum Gasteiger partial charge on any atom is -0.349 e. The Labute approximate surface area is 125 Å². The fourth-order valence-electron chi connectivity index (χ4n) is 2.31. The molecule has 3 nitrogen and oxygen atoms in total. The summed E-state index contributed by atoms with van der Waals surface area (Å²) in [5, 5.41) is 2.86. The van der Waals surface area contributed by atoms with Crippen LogP contribution < -0.4 is 5.32 Å². The molecule has 0 unspecified atom stereocenters. The third-order valence-corrected chi connectivity index (χ3v) is 3.31. The lowest BCUT2D eigenvalue weighted by molar-refractivity contribution is -0.119. The Hall–Kier alpha value is -2.42. The summed E-state index contributed by atoms with van der Waals surface area (Å²) in [6.45, 7) is 3.46. The van der Waals surface area contributed by atoms with Gasteiger partial charge in [0.05, 0.1) is 6.04 Å². The van der Waals surface area contributed by atoms with Crippen LogP contribution in [-0.2, 0) is 4.79 Å². The first-order valence-corrected chi connectivity index (χ1v) is 6.98. The minimum atomic E-state index is -0.296. The van der Waals surface area contributed by atoms with Gasteiger partial charge in [0.1, 0.15) is 0 Å². The van der Waals surface area contributed by atoms with Gasteiger partial charge in [-0.3, -0.25) is 9.59 Å². The summed E-state index contributed by atoms with van der Waals surface area (Å²) in [6.07, 6.45) is 0.257. The molecule has 3 heteroatoms. The van der Waals surface area contributed by atoms with Crippen LogP contribution in [0.5, 0.6) is 0 Å².